The van der Waals surface area contributed by atoms with Crippen molar-refractivity contribution in [2.75, 3.05) is 7.05 Å². The van der Waals surface area contributed by atoms with Gasteiger partial charge in [0.1, 0.15) is 0 Å². The van der Waals surface area contributed by atoms with E-state index >= 15 is 0 Å². The topological polar surface area (TPSA) is 66.6 Å². The molecule has 0 spiro atoms. The van der Waals surface area contributed by atoms with Crippen LogP contribution in [0, 0.1) is 17.0 Å². The monoisotopic (exact) mass is 196 g/mol. The van der Waals surface area contributed by atoms with Crippen LogP contribution < -0.4 is 0 Å². The third-order valence-corrected chi connectivity index (χ3v) is 1.87. The van der Waals surface area contributed by atoms with Crippen LogP contribution in [0.2, 0.25) is 0 Å². The molecule has 0 unspecified atom stereocenters. The van der Waals surface area contributed by atoms with Crippen molar-refractivity contribution in [2.24, 2.45) is 0 Å². The van der Waals surface area contributed by atoms with Gasteiger partial charge in [-0.2, -0.15) is 5.06 Å². The molecule has 0 saturated heterocycles. The largest absolute Gasteiger partial charge is 0.314 e. The van der Waals surface area contributed by atoms with Gasteiger partial charge in [-0.15, -0.1) is 0 Å². The maximum Gasteiger partial charge on any atom is 0.272 e. The third kappa shape index (κ3) is 2.51. The first-order valence-electron chi connectivity index (χ1n) is 4.14. The number of hydroxylamine groups is 2. The van der Waals surface area contributed by atoms with Crippen molar-refractivity contribution in [1.82, 2.24) is 5.06 Å². The van der Waals surface area contributed by atoms with Crippen LogP contribution in [0.15, 0.2) is 18.2 Å². The minimum Gasteiger partial charge on any atom is -0.314 e. The summed E-state index contributed by atoms with van der Waals surface area (Å²) in [5, 5.41) is 20.5. The average molecular weight is 196 g/mol. The van der Waals surface area contributed by atoms with Gasteiger partial charge in [0.05, 0.1) is 4.92 Å². The lowest BCUT2D eigenvalue weighted by atomic mass is 10.1. The summed E-state index contributed by atoms with van der Waals surface area (Å²) in [6.07, 6.45) is 0. The first-order chi connectivity index (χ1) is 6.50. The van der Waals surface area contributed by atoms with E-state index < -0.39 is 4.92 Å². The second kappa shape index (κ2) is 4.17. The van der Waals surface area contributed by atoms with E-state index in [1.165, 1.54) is 13.1 Å². The van der Waals surface area contributed by atoms with E-state index in [1.54, 1.807) is 19.1 Å². The Kier molecular flexibility index (Phi) is 3.16. The van der Waals surface area contributed by atoms with Crippen molar-refractivity contribution >= 4 is 5.69 Å². The van der Waals surface area contributed by atoms with Gasteiger partial charge in [-0.25, -0.2) is 0 Å². The molecule has 0 atom stereocenters. The van der Waals surface area contributed by atoms with Crippen LogP contribution in [0.4, 0.5) is 5.69 Å². The summed E-state index contributed by atoms with van der Waals surface area (Å²) in [7, 11) is 1.52. The molecule has 0 aromatic heterocycles. The molecule has 76 valence electrons. The van der Waals surface area contributed by atoms with E-state index in [2.05, 4.69) is 0 Å². The molecule has 1 aromatic rings. The predicted octanol–water partition coefficient (Wildman–Crippen LogP) is 1.72. The lowest BCUT2D eigenvalue weighted by molar-refractivity contribution is -0.385. The lowest BCUT2D eigenvalue weighted by Crippen LogP contribution is -2.11. The Bertz CT molecular complexity index is 350. The van der Waals surface area contributed by atoms with Crippen LogP contribution in [0.5, 0.6) is 0 Å². The van der Waals surface area contributed by atoms with Crippen molar-refractivity contribution in [3.05, 3.63) is 39.4 Å². The molecule has 0 aliphatic rings. The van der Waals surface area contributed by atoms with E-state index in [4.69, 9.17) is 5.21 Å². The van der Waals surface area contributed by atoms with Gasteiger partial charge in [0.15, 0.2) is 0 Å². The minimum absolute atomic E-state index is 0.106. The van der Waals surface area contributed by atoms with Crippen LogP contribution in [-0.2, 0) is 6.54 Å². The molecule has 0 fully saturated rings. The Morgan fingerprint density at radius 2 is 2.21 bits per heavy atom. The van der Waals surface area contributed by atoms with E-state index in [9.17, 15) is 10.1 Å². The van der Waals surface area contributed by atoms with Crippen molar-refractivity contribution in [2.45, 2.75) is 13.5 Å². The number of nitro benzene ring substituents is 1. The summed E-state index contributed by atoms with van der Waals surface area (Å²) in [5.41, 5.74) is 1.56. The van der Waals surface area contributed by atoms with Crippen molar-refractivity contribution in [3.8, 4) is 0 Å². The Labute approximate surface area is 81.7 Å². The zero-order valence-corrected chi connectivity index (χ0v) is 8.10. The van der Waals surface area contributed by atoms with Crippen molar-refractivity contribution in [1.29, 1.82) is 0 Å². The molecule has 0 radical (unpaired) electrons. The highest BCUT2D eigenvalue weighted by atomic mass is 16.6. The standard InChI is InChI=1S/C9H12N2O3/c1-7-5-8(6-10(2)12)3-4-9(7)11(13)14/h3-5,12H,6H2,1-2H3. The molecule has 0 saturated carbocycles. The maximum atomic E-state index is 10.5. The van der Waals surface area contributed by atoms with Crippen molar-refractivity contribution < 1.29 is 10.1 Å². The smallest absolute Gasteiger partial charge is 0.272 e. The molecule has 0 aliphatic heterocycles. The highest BCUT2D eigenvalue weighted by Gasteiger charge is 2.10. The Morgan fingerprint density at radius 1 is 1.57 bits per heavy atom. The minimum atomic E-state index is -0.415. The van der Waals surface area contributed by atoms with Gasteiger partial charge in [0.25, 0.3) is 5.69 Å². The van der Waals surface area contributed by atoms with E-state index in [0.717, 1.165) is 10.6 Å². The summed E-state index contributed by atoms with van der Waals surface area (Å²) in [5.74, 6) is 0. The summed E-state index contributed by atoms with van der Waals surface area (Å²) in [4.78, 5) is 10.1. The molecule has 1 N–H and O–H groups in total. The van der Waals surface area contributed by atoms with Gasteiger partial charge in [0.2, 0.25) is 0 Å². The molecular weight excluding hydrogens is 184 g/mol. The highest BCUT2D eigenvalue weighted by molar-refractivity contribution is 5.41. The normalized spacial score (nSPS) is 10.6. The van der Waals surface area contributed by atoms with E-state index in [-0.39, 0.29) is 5.69 Å². The molecular formula is C9H12N2O3. The molecule has 5 nitrogen and oxygen atoms in total. The van der Waals surface area contributed by atoms with Crippen LogP contribution in [0.25, 0.3) is 0 Å². The van der Waals surface area contributed by atoms with E-state index in [0.29, 0.717) is 12.1 Å². The average Bonchev–Trinajstić information content (AvgIpc) is 2.01. The second-order valence-electron chi connectivity index (χ2n) is 3.19. The number of rotatable bonds is 3. The lowest BCUT2D eigenvalue weighted by Gasteiger charge is -2.08. The maximum absolute atomic E-state index is 10.5. The summed E-state index contributed by atoms with van der Waals surface area (Å²) in [6.45, 7) is 2.04. The first kappa shape index (κ1) is 10.6. The number of nitrogens with zero attached hydrogens (tertiary/aromatic N) is 2. The van der Waals surface area contributed by atoms with Gasteiger partial charge < -0.3 is 5.21 Å². The molecule has 0 bridgehead atoms. The molecule has 0 aliphatic carbocycles. The summed E-state index contributed by atoms with van der Waals surface area (Å²) in [6, 6.07) is 4.79. The molecule has 1 rings (SSSR count). The van der Waals surface area contributed by atoms with Crippen molar-refractivity contribution in [3.63, 3.8) is 0 Å². The van der Waals surface area contributed by atoms with Gasteiger partial charge in [-0.3, -0.25) is 10.1 Å². The predicted molar refractivity (Wildman–Crippen MR) is 51.1 cm³/mol. The zero-order valence-electron chi connectivity index (χ0n) is 8.10. The first-order valence-corrected chi connectivity index (χ1v) is 4.14. The number of nitro groups is 1. The number of aryl methyl sites for hydroxylation is 1. The quantitative estimate of drug-likeness (QED) is 0.590. The van der Waals surface area contributed by atoms with Crippen LogP contribution in [0.1, 0.15) is 11.1 Å². The van der Waals surface area contributed by atoms with Gasteiger partial charge in [-0.1, -0.05) is 6.07 Å². The summed E-state index contributed by atoms with van der Waals surface area (Å²) >= 11 is 0. The molecule has 14 heavy (non-hydrogen) atoms. The molecule has 0 amide bonds. The Hall–Kier alpha value is -1.46. The number of hydrogen-bond acceptors (Lipinski definition) is 4. The van der Waals surface area contributed by atoms with Gasteiger partial charge in [0, 0.05) is 25.2 Å². The fourth-order valence-corrected chi connectivity index (χ4v) is 1.28. The molecule has 5 heteroatoms. The van der Waals surface area contributed by atoms with Crippen LogP contribution >= 0.6 is 0 Å². The summed E-state index contributed by atoms with van der Waals surface area (Å²) < 4.78 is 0. The van der Waals surface area contributed by atoms with Gasteiger partial charge >= 0.3 is 0 Å². The van der Waals surface area contributed by atoms with Gasteiger partial charge in [-0.05, 0) is 18.6 Å². The molecule has 1 aromatic carbocycles. The SMILES string of the molecule is Cc1cc(CN(C)O)ccc1[N+](=O)[O-]. The second-order valence-corrected chi connectivity index (χ2v) is 3.19. The highest BCUT2D eigenvalue weighted by Crippen LogP contribution is 2.19. The fraction of sp³-hybridized carbons (Fsp3) is 0.333. The number of benzene rings is 1. The van der Waals surface area contributed by atoms with Crippen LogP contribution in [-0.4, -0.2) is 22.2 Å². The van der Waals surface area contributed by atoms with Crippen LogP contribution in [0.3, 0.4) is 0 Å². The fourth-order valence-electron chi connectivity index (χ4n) is 1.28. The third-order valence-electron chi connectivity index (χ3n) is 1.87. The Morgan fingerprint density at radius 3 is 2.64 bits per heavy atom. The number of hydrogen-bond donors (Lipinski definition) is 1. The molecule has 0 heterocycles. The van der Waals surface area contributed by atoms with E-state index in [1.807, 2.05) is 0 Å². The zero-order chi connectivity index (χ0) is 10.7. The Balaban J connectivity index is 2.94.